The predicted molar refractivity (Wildman–Crippen MR) is 262 cm³/mol. The molecule has 0 bridgehead atoms. The lowest BCUT2D eigenvalue weighted by Gasteiger charge is -2.29. The molecule has 0 aliphatic carbocycles. The number of nitrogens with zero attached hydrogens (tertiary/aromatic N) is 7. The van der Waals surface area contributed by atoms with Gasteiger partial charge in [0, 0.05) is 36.2 Å². The van der Waals surface area contributed by atoms with E-state index in [1.165, 1.54) is 27.1 Å². The Morgan fingerprint density at radius 2 is 0.955 bits per heavy atom. The third-order valence-electron chi connectivity index (χ3n) is 13.8. The van der Waals surface area contributed by atoms with Crippen LogP contribution >= 0.6 is 11.6 Å². The van der Waals surface area contributed by atoms with E-state index >= 15 is 0 Å². The molecule has 2 fully saturated rings. The monoisotopic (exact) mass is 889 g/mol. The SMILES string of the molecule is Cc1cc(N(c2cc(C3CCOC3)c(Cl)c3c2=NC(C)(C)N=3)c2cc(C3CCOC3)c(-c3ccccc3)c3c2=NC(C)(C)N=3)c2c(c1-c1c3ccccc3cc3ccccc13)=NC(C)(C)N=2. The summed E-state index contributed by atoms with van der Waals surface area (Å²) in [7, 11) is 0. The van der Waals surface area contributed by atoms with E-state index in [1.54, 1.807) is 0 Å². The molecule has 10 heteroatoms. The van der Waals surface area contributed by atoms with Crippen LogP contribution in [0.3, 0.4) is 0 Å². The van der Waals surface area contributed by atoms with E-state index in [0.717, 1.165) is 90.1 Å². The first kappa shape index (κ1) is 41.3. The van der Waals surface area contributed by atoms with Crippen molar-refractivity contribution in [2.45, 2.75) is 90.1 Å². The van der Waals surface area contributed by atoms with Gasteiger partial charge >= 0.3 is 0 Å². The van der Waals surface area contributed by atoms with Gasteiger partial charge in [0.1, 0.15) is 38.4 Å². The number of halogens is 1. The number of aryl methyl sites for hydroxylation is 1. The van der Waals surface area contributed by atoms with E-state index in [9.17, 15) is 0 Å². The fourth-order valence-electron chi connectivity index (χ4n) is 11.0. The van der Waals surface area contributed by atoms with Gasteiger partial charge in [0.2, 0.25) is 0 Å². The van der Waals surface area contributed by atoms with Crippen LogP contribution in [-0.4, -0.2) is 43.4 Å². The molecule has 0 aromatic heterocycles. The Bertz CT molecular complexity index is 3580. The molecule has 7 aromatic rings. The average Bonchev–Trinajstić information content (AvgIpc) is 4.15. The van der Waals surface area contributed by atoms with Crippen LogP contribution in [-0.2, 0) is 9.47 Å². The highest BCUT2D eigenvalue weighted by Gasteiger charge is 2.36. The van der Waals surface area contributed by atoms with Crippen molar-refractivity contribution in [3.05, 3.63) is 157 Å². The lowest BCUT2D eigenvalue weighted by atomic mass is 9.87. The third-order valence-corrected chi connectivity index (χ3v) is 14.2. The summed E-state index contributed by atoms with van der Waals surface area (Å²) in [4.78, 5) is 35.1. The number of fused-ring (bicyclic) bond motifs is 5. The molecule has 2 unspecified atom stereocenters. The quantitative estimate of drug-likeness (QED) is 0.149. The highest BCUT2D eigenvalue weighted by atomic mass is 35.5. The van der Waals surface area contributed by atoms with E-state index in [4.69, 9.17) is 51.0 Å². The Morgan fingerprint density at radius 1 is 0.500 bits per heavy atom. The number of rotatable bonds is 7. The minimum atomic E-state index is -0.755. The van der Waals surface area contributed by atoms with Gasteiger partial charge in [0.05, 0.1) is 46.0 Å². The summed E-state index contributed by atoms with van der Waals surface area (Å²) in [5.74, 6) is 0.227. The molecule has 12 rings (SSSR count). The maximum absolute atomic E-state index is 7.49. The normalized spacial score (nSPS) is 20.4. The summed E-state index contributed by atoms with van der Waals surface area (Å²) >= 11 is 7.49. The molecule has 0 N–H and O–H groups in total. The summed E-state index contributed by atoms with van der Waals surface area (Å²) in [6, 6.07) is 37.2. The van der Waals surface area contributed by atoms with Crippen LogP contribution in [0.4, 0.5) is 17.1 Å². The van der Waals surface area contributed by atoms with Crippen molar-refractivity contribution in [3.63, 3.8) is 0 Å². The van der Waals surface area contributed by atoms with E-state index in [2.05, 4.69) is 143 Å². The van der Waals surface area contributed by atoms with Crippen LogP contribution in [0.2, 0.25) is 5.02 Å². The Balaban J connectivity index is 1.26. The topological polar surface area (TPSA) is 95.9 Å². The Hall–Kier alpha value is -6.13. The molecule has 7 aromatic carbocycles. The minimum absolute atomic E-state index is 0.0893. The fourth-order valence-corrected chi connectivity index (χ4v) is 11.4. The Morgan fingerprint density at radius 3 is 1.52 bits per heavy atom. The zero-order valence-corrected chi connectivity index (χ0v) is 39.3. The van der Waals surface area contributed by atoms with Gasteiger partial charge in [-0.1, -0.05) is 90.5 Å². The third kappa shape index (κ3) is 6.64. The van der Waals surface area contributed by atoms with Crippen LogP contribution in [0.1, 0.15) is 82.9 Å². The number of anilines is 3. The van der Waals surface area contributed by atoms with Gasteiger partial charge < -0.3 is 14.4 Å². The van der Waals surface area contributed by atoms with Crippen LogP contribution in [0.25, 0.3) is 43.8 Å². The smallest absolute Gasteiger partial charge is 0.146 e. The van der Waals surface area contributed by atoms with E-state index in [0.29, 0.717) is 36.8 Å². The highest BCUT2D eigenvalue weighted by molar-refractivity contribution is 6.31. The van der Waals surface area contributed by atoms with Crippen molar-refractivity contribution in [2.75, 3.05) is 31.3 Å². The number of ether oxygens (including phenoxy) is 2. The molecular weight excluding hydrogens is 838 g/mol. The highest BCUT2D eigenvalue weighted by Crippen LogP contribution is 2.42. The molecule has 0 spiro atoms. The average molecular weight is 891 g/mol. The van der Waals surface area contributed by atoms with Gasteiger partial charge in [-0.15, -0.1) is 0 Å². The summed E-state index contributed by atoms with van der Waals surface area (Å²) in [5.41, 5.74) is 8.11. The molecule has 330 valence electrons. The van der Waals surface area contributed by atoms with E-state index in [1.807, 2.05) is 13.8 Å². The molecule has 9 nitrogen and oxygen atoms in total. The zero-order valence-electron chi connectivity index (χ0n) is 38.5. The van der Waals surface area contributed by atoms with Gasteiger partial charge in [-0.05, 0) is 135 Å². The van der Waals surface area contributed by atoms with Crippen LogP contribution in [0.15, 0.2) is 133 Å². The number of hydrogen-bond donors (Lipinski definition) is 0. The molecule has 0 amide bonds. The number of hydrogen-bond acceptors (Lipinski definition) is 9. The molecular formula is C56H52ClN7O2. The maximum Gasteiger partial charge on any atom is 0.146 e. The minimum Gasteiger partial charge on any atom is -0.381 e. The molecule has 5 aliphatic heterocycles. The standard InChI is InChI=1S/C56H52ClN7O2/c1-31-25-41(48-51(61-54(2,3)58-48)44(31)46-37-19-13-11-17-33(37)26-34-18-12-14-20-38(34)46)64(43-28-40(36-22-24-66-30-36)47(57)53-50(43)60-56(6,7)63-53)42-27-39(35-21-23-65-29-35)45(32-15-9-8-10-16-32)52-49(42)59-55(4,5)62-52/h8-20,25-28,35-36H,21-24,29-30H2,1-7H3. The lowest BCUT2D eigenvalue weighted by molar-refractivity contribution is 0.194. The van der Waals surface area contributed by atoms with Crippen molar-refractivity contribution in [1.82, 2.24) is 0 Å². The Labute approximate surface area is 388 Å². The van der Waals surface area contributed by atoms with Gasteiger partial charge in [-0.2, -0.15) is 0 Å². The molecule has 5 aliphatic rings. The van der Waals surface area contributed by atoms with Crippen LogP contribution < -0.4 is 37.0 Å². The van der Waals surface area contributed by atoms with Gasteiger partial charge in [0.15, 0.2) is 0 Å². The van der Waals surface area contributed by atoms with E-state index in [-0.39, 0.29) is 11.8 Å². The molecule has 2 atom stereocenters. The first-order valence-electron chi connectivity index (χ1n) is 23.3. The Kier molecular flexibility index (Phi) is 9.35. The first-order valence-corrected chi connectivity index (χ1v) is 23.7. The molecule has 0 radical (unpaired) electrons. The van der Waals surface area contributed by atoms with Crippen LogP contribution in [0.5, 0.6) is 0 Å². The second kappa shape index (κ2) is 14.9. The van der Waals surface area contributed by atoms with Crippen molar-refractivity contribution in [2.24, 2.45) is 30.0 Å². The second-order valence-corrected chi connectivity index (χ2v) is 20.4. The van der Waals surface area contributed by atoms with Gasteiger partial charge in [-0.3, -0.25) is 30.0 Å². The van der Waals surface area contributed by atoms with E-state index < -0.39 is 17.0 Å². The predicted octanol–water partition coefficient (Wildman–Crippen LogP) is 9.73. The summed E-state index contributed by atoms with van der Waals surface area (Å²) < 4.78 is 12.2. The molecule has 2 saturated heterocycles. The van der Waals surface area contributed by atoms with Gasteiger partial charge in [-0.25, -0.2) is 0 Å². The largest absolute Gasteiger partial charge is 0.381 e. The van der Waals surface area contributed by atoms with Crippen molar-refractivity contribution in [1.29, 1.82) is 0 Å². The lowest BCUT2D eigenvalue weighted by Crippen LogP contribution is -2.40. The molecule has 66 heavy (non-hydrogen) atoms. The van der Waals surface area contributed by atoms with Crippen LogP contribution in [0, 0.1) is 6.92 Å². The summed E-state index contributed by atoms with van der Waals surface area (Å²) in [6.07, 6.45) is 1.76. The van der Waals surface area contributed by atoms with Crippen molar-refractivity contribution < 1.29 is 9.47 Å². The summed E-state index contributed by atoms with van der Waals surface area (Å²) in [5, 5.41) is 10.1. The van der Waals surface area contributed by atoms with Crippen molar-refractivity contribution in [3.8, 4) is 22.3 Å². The fraction of sp³-hybridized carbons (Fsp3) is 0.321. The van der Waals surface area contributed by atoms with Crippen molar-refractivity contribution >= 4 is 50.2 Å². The molecule has 5 heterocycles. The molecule has 0 saturated carbocycles. The zero-order chi connectivity index (χ0) is 45.3. The summed E-state index contributed by atoms with van der Waals surface area (Å²) in [6.45, 7) is 17.2. The second-order valence-electron chi connectivity index (χ2n) is 20.0. The van der Waals surface area contributed by atoms with Gasteiger partial charge in [0.25, 0.3) is 0 Å². The first-order chi connectivity index (χ1) is 31.7. The maximum atomic E-state index is 7.49. The number of benzene rings is 7.